The SMILES string of the molecule is O=C1OCc2cc(-n3nnn([C@H]4CC(=O)[C@H]5OC[C@H]4O5)c3=S)ccc21. The predicted octanol–water partition coefficient (Wildman–Crippen LogP) is 0.724. The Morgan fingerprint density at radius 1 is 1.24 bits per heavy atom. The van der Waals surface area contributed by atoms with Gasteiger partial charge in [0.25, 0.3) is 0 Å². The molecule has 128 valence electrons. The number of aromatic nitrogens is 4. The summed E-state index contributed by atoms with van der Waals surface area (Å²) in [6.45, 7) is 0.559. The number of rotatable bonds is 2. The van der Waals surface area contributed by atoms with Gasteiger partial charge in [-0.1, -0.05) is 0 Å². The summed E-state index contributed by atoms with van der Waals surface area (Å²) in [5.74, 6) is -0.453. The molecule has 10 heteroatoms. The van der Waals surface area contributed by atoms with E-state index in [2.05, 4.69) is 10.4 Å². The Kier molecular flexibility index (Phi) is 3.14. The van der Waals surface area contributed by atoms with Crippen LogP contribution in [0.25, 0.3) is 5.69 Å². The van der Waals surface area contributed by atoms with E-state index in [0.717, 1.165) is 5.56 Å². The number of cyclic esters (lactones) is 1. The molecule has 0 unspecified atom stereocenters. The molecule has 3 aliphatic rings. The lowest BCUT2D eigenvalue weighted by molar-refractivity contribution is -0.156. The van der Waals surface area contributed by atoms with Crippen LogP contribution in [0, 0.1) is 4.77 Å². The first-order valence-electron chi connectivity index (χ1n) is 7.76. The number of ketones is 1. The minimum absolute atomic E-state index is 0.122. The van der Waals surface area contributed by atoms with Gasteiger partial charge in [0, 0.05) is 12.0 Å². The zero-order valence-corrected chi connectivity index (χ0v) is 13.6. The molecule has 1 aromatic carbocycles. The van der Waals surface area contributed by atoms with Crippen LogP contribution in [-0.4, -0.2) is 50.5 Å². The molecule has 2 fully saturated rings. The largest absolute Gasteiger partial charge is 0.457 e. The van der Waals surface area contributed by atoms with Crippen molar-refractivity contribution >= 4 is 24.0 Å². The van der Waals surface area contributed by atoms with E-state index in [0.29, 0.717) is 22.6 Å². The zero-order valence-electron chi connectivity index (χ0n) is 12.8. The van der Waals surface area contributed by atoms with Crippen LogP contribution in [-0.2, 0) is 25.6 Å². The van der Waals surface area contributed by atoms with Crippen LogP contribution in [0.4, 0.5) is 0 Å². The summed E-state index contributed by atoms with van der Waals surface area (Å²) >= 11 is 5.49. The minimum atomic E-state index is -0.764. The van der Waals surface area contributed by atoms with Crippen LogP contribution < -0.4 is 0 Å². The maximum Gasteiger partial charge on any atom is 0.338 e. The van der Waals surface area contributed by atoms with E-state index in [1.54, 1.807) is 18.2 Å². The van der Waals surface area contributed by atoms with E-state index in [1.807, 2.05) is 0 Å². The Labute approximate surface area is 146 Å². The van der Waals surface area contributed by atoms with E-state index in [1.165, 1.54) is 9.36 Å². The van der Waals surface area contributed by atoms with Crippen LogP contribution >= 0.6 is 12.2 Å². The number of nitrogens with zero attached hydrogens (tertiary/aromatic N) is 4. The molecule has 2 saturated heterocycles. The van der Waals surface area contributed by atoms with Crippen LogP contribution in [0.3, 0.4) is 0 Å². The first-order valence-corrected chi connectivity index (χ1v) is 8.17. The molecule has 0 aliphatic carbocycles. The highest BCUT2D eigenvalue weighted by atomic mass is 32.1. The second-order valence-corrected chi connectivity index (χ2v) is 6.48. The Bertz CT molecular complexity index is 967. The first-order chi connectivity index (χ1) is 12.1. The summed E-state index contributed by atoms with van der Waals surface area (Å²) in [6.07, 6.45) is -0.792. The molecule has 3 aliphatic heterocycles. The fourth-order valence-electron chi connectivity index (χ4n) is 3.35. The monoisotopic (exact) mass is 360 g/mol. The Hall–Kier alpha value is -2.43. The molecule has 5 rings (SSSR count). The molecule has 25 heavy (non-hydrogen) atoms. The Morgan fingerprint density at radius 3 is 3.00 bits per heavy atom. The number of carbonyl (C=O) groups excluding carboxylic acids is 2. The van der Waals surface area contributed by atoms with Crippen molar-refractivity contribution < 1.29 is 23.8 Å². The molecule has 9 nitrogen and oxygen atoms in total. The van der Waals surface area contributed by atoms with Gasteiger partial charge in [0.2, 0.25) is 11.1 Å². The third-order valence-corrected chi connectivity index (χ3v) is 5.00. The van der Waals surface area contributed by atoms with E-state index >= 15 is 0 Å². The van der Waals surface area contributed by atoms with Crippen LogP contribution in [0.1, 0.15) is 28.4 Å². The summed E-state index contributed by atoms with van der Waals surface area (Å²) in [4.78, 5) is 23.5. The van der Waals surface area contributed by atoms with Gasteiger partial charge in [0.15, 0.2) is 5.78 Å². The van der Waals surface area contributed by atoms with Gasteiger partial charge in [-0.3, -0.25) is 4.79 Å². The third-order valence-electron chi connectivity index (χ3n) is 4.64. The molecule has 4 heterocycles. The number of hydrogen-bond acceptors (Lipinski definition) is 8. The Balaban J connectivity index is 1.52. The molecule has 0 amide bonds. The fraction of sp³-hybridized carbons (Fsp3) is 0.400. The maximum atomic E-state index is 12.0. The molecule has 0 N–H and O–H groups in total. The van der Waals surface area contributed by atoms with E-state index in [-0.39, 0.29) is 36.9 Å². The highest BCUT2D eigenvalue weighted by Crippen LogP contribution is 2.32. The lowest BCUT2D eigenvalue weighted by Gasteiger charge is -2.25. The number of tetrazole rings is 1. The number of ether oxygens (including phenoxy) is 3. The van der Waals surface area contributed by atoms with Gasteiger partial charge in [-0.25, -0.2) is 9.48 Å². The van der Waals surface area contributed by atoms with Gasteiger partial charge in [0.05, 0.1) is 23.9 Å². The smallest absolute Gasteiger partial charge is 0.338 e. The molecule has 0 saturated carbocycles. The zero-order chi connectivity index (χ0) is 17.1. The van der Waals surface area contributed by atoms with Crippen molar-refractivity contribution in [3.8, 4) is 5.69 Å². The fourth-order valence-corrected chi connectivity index (χ4v) is 3.66. The maximum absolute atomic E-state index is 12.0. The number of hydrogen-bond donors (Lipinski definition) is 0. The van der Waals surface area contributed by atoms with E-state index in [9.17, 15) is 9.59 Å². The lowest BCUT2D eigenvalue weighted by Crippen LogP contribution is -2.37. The van der Waals surface area contributed by atoms with Gasteiger partial charge in [-0.2, -0.15) is 4.68 Å². The summed E-state index contributed by atoms with van der Waals surface area (Å²) in [7, 11) is 0. The van der Waals surface area contributed by atoms with Crippen LogP contribution in [0.2, 0.25) is 0 Å². The van der Waals surface area contributed by atoms with Gasteiger partial charge >= 0.3 is 5.97 Å². The highest BCUT2D eigenvalue weighted by molar-refractivity contribution is 7.71. The standard InChI is InChI=1S/C15H12N4O5S/c20-11-4-10(12-6-23-14(11)24-12)19-15(25)18(16-17-19)8-1-2-9-7(3-8)5-22-13(9)21/h1-3,10,12,14H,4-6H2/t10-,12+,14-/m0/s1. The average molecular weight is 360 g/mol. The molecule has 3 atom stereocenters. The lowest BCUT2D eigenvalue weighted by atomic mass is 10.0. The molecular weight excluding hydrogens is 348 g/mol. The van der Waals surface area contributed by atoms with Gasteiger partial charge in [-0.15, -0.1) is 0 Å². The average Bonchev–Trinajstić information content (AvgIpc) is 3.30. The van der Waals surface area contributed by atoms with E-state index < -0.39 is 6.29 Å². The summed E-state index contributed by atoms with van der Waals surface area (Å²) in [5, 5.41) is 8.22. The molecule has 0 radical (unpaired) electrons. The summed E-state index contributed by atoms with van der Waals surface area (Å²) in [5.41, 5.74) is 2.00. The van der Waals surface area contributed by atoms with Crippen molar-refractivity contribution in [2.75, 3.05) is 6.61 Å². The molecule has 0 spiro atoms. The van der Waals surface area contributed by atoms with Crippen molar-refractivity contribution in [3.05, 3.63) is 34.1 Å². The number of fused-ring (bicyclic) bond motifs is 3. The predicted molar refractivity (Wildman–Crippen MR) is 82.6 cm³/mol. The van der Waals surface area contributed by atoms with Crippen LogP contribution in [0.15, 0.2) is 18.2 Å². The van der Waals surface area contributed by atoms with Gasteiger partial charge < -0.3 is 14.2 Å². The van der Waals surface area contributed by atoms with Gasteiger partial charge in [0.1, 0.15) is 12.7 Å². The third kappa shape index (κ3) is 2.18. The topological polar surface area (TPSA) is 97.5 Å². The van der Waals surface area contributed by atoms with Gasteiger partial charge in [-0.05, 0) is 40.8 Å². The number of esters is 1. The molecule has 2 bridgehead atoms. The van der Waals surface area contributed by atoms with Crippen molar-refractivity contribution in [1.29, 1.82) is 0 Å². The van der Waals surface area contributed by atoms with Crippen molar-refractivity contribution in [2.45, 2.75) is 31.5 Å². The summed E-state index contributed by atoms with van der Waals surface area (Å²) in [6, 6.07) is 4.87. The first kappa shape index (κ1) is 14.9. The van der Waals surface area contributed by atoms with Crippen LogP contribution in [0.5, 0.6) is 0 Å². The quantitative estimate of drug-likeness (QED) is 0.571. The van der Waals surface area contributed by atoms with Crippen molar-refractivity contribution in [3.63, 3.8) is 0 Å². The highest BCUT2D eigenvalue weighted by Gasteiger charge is 2.45. The number of benzene rings is 1. The minimum Gasteiger partial charge on any atom is -0.457 e. The number of Topliss-reactive ketones (excluding diaryl/α,β-unsaturated/α-hetero) is 1. The molecule has 2 aromatic rings. The van der Waals surface area contributed by atoms with Crippen molar-refractivity contribution in [2.24, 2.45) is 0 Å². The normalized spacial score (nSPS) is 27.4. The molecule has 1 aromatic heterocycles. The van der Waals surface area contributed by atoms with E-state index in [4.69, 9.17) is 26.4 Å². The number of carbonyl (C=O) groups is 2. The summed E-state index contributed by atoms with van der Waals surface area (Å²) < 4.78 is 19.2. The second-order valence-electron chi connectivity index (χ2n) is 6.11. The molecular formula is C15H12N4O5S. The van der Waals surface area contributed by atoms with Crippen molar-refractivity contribution in [1.82, 2.24) is 19.8 Å². The second kappa shape index (κ2) is 5.28. The Morgan fingerprint density at radius 2 is 2.12 bits per heavy atom.